The van der Waals surface area contributed by atoms with E-state index >= 15 is 0 Å². The number of amides is 1. The molecule has 0 radical (unpaired) electrons. The fraction of sp³-hybridized carbons (Fsp3) is 0.923. The van der Waals surface area contributed by atoms with E-state index in [2.05, 4.69) is 6.92 Å². The molecule has 0 atom stereocenters. The SMILES string of the molecule is CC.CCN(C)C(=O)C1CCC(C)CC1. The quantitative estimate of drug-likeness (QED) is 0.689. The van der Waals surface area contributed by atoms with Crippen molar-refractivity contribution in [2.24, 2.45) is 11.8 Å². The maximum absolute atomic E-state index is 11.8. The number of hydrogen-bond donors (Lipinski definition) is 0. The second-order valence-corrected chi connectivity index (χ2v) is 4.31. The zero-order chi connectivity index (χ0) is 11.8. The van der Waals surface area contributed by atoms with E-state index in [1.165, 1.54) is 12.8 Å². The minimum atomic E-state index is 0.321. The molecule has 0 bridgehead atoms. The van der Waals surface area contributed by atoms with E-state index in [4.69, 9.17) is 0 Å². The van der Waals surface area contributed by atoms with Crippen molar-refractivity contribution in [3.8, 4) is 0 Å². The topological polar surface area (TPSA) is 20.3 Å². The van der Waals surface area contributed by atoms with Crippen LogP contribution < -0.4 is 0 Å². The van der Waals surface area contributed by atoms with Crippen molar-refractivity contribution in [3.05, 3.63) is 0 Å². The first kappa shape index (κ1) is 14.5. The Kier molecular flexibility index (Phi) is 7.45. The van der Waals surface area contributed by atoms with Crippen LogP contribution in [-0.2, 0) is 4.79 Å². The Hall–Kier alpha value is -0.530. The lowest BCUT2D eigenvalue weighted by Crippen LogP contribution is -2.34. The molecule has 1 rings (SSSR count). The maximum atomic E-state index is 11.8. The summed E-state index contributed by atoms with van der Waals surface area (Å²) in [5.41, 5.74) is 0. The van der Waals surface area contributed by atoms with E-state index in [0.717, 1.165) is 25.3 Å². The van der Waals surface area contributed by atoms with Crippen LogP contribution in [0.4, 0.5) is 0 Å². The zero-order valence-electron chi connectivity index (χ0n) is 11.0. The Bertz CT molecular complexity index is 171. The van der Waals surface area contributed by atoms with Crippen LogP contribution in [0, 0.1) is 11.8 Å². The molecule has 90 valence electrons. The molecule has 2 nitrogen and oxygen atoms in total. The molecular weight excluding hydrogens is 186 g/mol. The lowest BCUT2D eigenvalue weighted by atomic mass is 9.82. The first-order valence-corrected chi connectivity index (χ1v) is 6.40. The summed E-state index contributed by atoms with van der Waals surface area (Å²) >= 11 is 0. The molecule has 15 heavy (non-hydrogen) atoms. The molecule has 1 fully saturated rings. The van der Waals surface area contributed by atoms with Crippen molar-refractivity contribution in [3.63, 3.8) is 0 Å². The van der Waals surface area contributed by atoms with E-state index in [1.54, 1.807) is 0 Å². The fourth-order valence-corrected chi connectivity index (χ4v) is 1.97. The number of rotatable bonds is 2. The number of nitrogens with zero attached hydrogens (tertiary/aromatic N) is 1. The zero-order valence-corrected chi connectivity index (χ0v) is 11.0. The molecule has 1 aliphatic rings. The average Bonchev–Trinajstić information content (AvgIpc) is 2.31. The van der Waals surface area contributed by atoms with Gasteiger partial charge in [0.05, 0.1) is 0 Å². The van der Waals surface area contributed by atoms with Gasteiger partial charge in [0.25, 0.3) is 0 Å². The highest BCUT2D eigenvalue weighted by Crippen LogP contribution is 2.29. The molecule has 1 amide bonds. The van der Waals surface area contributed by atoms with Gasteiger partial charge in [-0.3, -0.25) is 4.79 Å². The molecule has 0 unspecified atom stereocenters. The van der Waals surface area contributed by atoms with Crippen LogP contribution in [0.15, 0.2) is 0 Å². The van der Waals surface area contributed by atoms with Crippen molar-refractivity contribution < 1.29 is 4.79 Å². The molecule has 1 saturated carbocycles. The molecular formula is C13H27NO. The molecule has 0 N–H and O–H groups in total. The monoisotopic (exact) mass is 213 g/mol. The normalized spacial score (nSPS) is 25.1. The third-order valence-corrected chi connectivity index (χ3v) is 3.22. The van der Waals surface area contributed by atoms with Gasteiger partial charge in [-0.05, 0) is 38.5 Å². The summed E-state index contributed by atoms with van der Waals surface area (Å²) in [6.07, 6.45) is 4.66. The second-order valence-electron chi connectivity index (χ2n) is 4.31. The van der Waals surface area contributed by atoms with Crippen molar-refractivity contribution in [1.29, 1.82) is 0 Å². The first-order valence-electron chi connectivity index (χ1n) is 6.40. The van der Waals surface area contributed by atoms with E-state index in [9.17, 15) is 4.79 Å². The van der Waals surface area contributed by atoms with Crippen LogP contribution in [0.2, 0.25) is 0 Å². The number of hydrogen-bond acceptors (Lipinski definition) is 1. The Morgan fingerprint density at radius 1 is 1.20 bits per heavy atom. The van der Waals surface area contributed by atoms with Crippen LogP contribution in [-0.4, -0.2) is 24.4 Å². The number of carbonyl (C=O) groups is 1. The summed E-state index contributed by atoms with van der Waals surface area (Å²) in [7, 11) is 1.90. The molecule has 2 heteroatoms. The lowest BCUT2D eigenvalue weighted by molar-refractivity contribution is -0.135. The van der Waals surface area contributed by atoms with Crippen LogP contribution in [0.1, 0.15) is 53.4 Å². The Morgan fingerprint density at radius 3 is 2.07 bits per heavy atom. The highest BCUT2D eigenvalue weighted by Gasteiger charge is 2.25. The third-order valence-electron chi connectivity index (χ3n) is 3.22. The van der Waals surface area contributed by atoms with Gasteiger partial charge in [-0.25, -0.2) is 0 Å². The minimum absolute atomic E-state index is 0.321. The summed E-state index contributed by atoms with van der Waals surface area (Å²) < 4.78 is 0. The standard InChI is InChI=1S/C11H21NO.C2H6/c1-4-12(3)11(13)10-7-5-9(2)6-8-10;1-2/h9-10H,4-8H2,1-3H3;1-2H3. The lowest BCUT2D eigenvalue weighted by Gasteiger charge is -2.28. The van der Waals surface area contributed by atoms with Crippen LogP contribution in [0.5, 0.6) is 0 Å². The summed E-state index contributed by atoms with van der Waals surface area (Å²) in [4.78, 5) is 13.6. The largest absolute Gasteiger partial charge is 0.346 e. The van der Waals surface area contributed by atoms with E-state index < -0.39 is 0 Å². The van der Waals surface area contributed by atoms with Gasteiger partial charge >= 0.3 is 0 Å². The molecule has 0 saturated heterocycles. The molecule has 0 aromatic carbocycles. The Labute approximate surface area is 95.0 Å². The number of carbonyl (C=O) groups excluding carboxylic acids is 1. The predicted molar refractivity (Wildman–Crippen MR) is 65.8 cm³/mol. The van der Waals surface area contributed by atoms with Crippen LogP contribution >= 0.6 is 0 Å². The summed E-state index contributed by atoms with van der Waals surface area (Å²) in [5, 5.41) is 0. The summed E-state index contributed by atoms with van der Waals surface area (Å²) in [6, 6.07) is 0. The average molecular weight is 213 g/mol. The van der Waals surface area contributed by atoms with E-state index in [0.29, 0.717) is 11.8 Å². The van der Waals surface area contributed by atoms with Gasteiger partial charge in [-0.2, -0.15) is 0 Å². The molecule has 0 spiro atoms. The molecule has 1 aliphatic carbocycles. The van der Waals surface area contributed by atoms with E-state index in [1.807, 2.05) is 32.7 Å². The van der Waals surface area contributed by atoms with Gasteiger partial charge in [-0.1, -0.05) is 20.8 Å². The molecule has 0 aromatic rings. The van der Waals surface area contributed by atoms with Crippen molar-refractivity contribution in [2.75, 3.05) is 13.6 Å². The second kappa shape index (κ2) is 7.72. The fourth-order valence-electron chi connectivity index (χ4n) is 1.97. The van der Waals surface area contributed by atoms with Gasteiger partial charge in [-0.15, -0.1) is 0 Å². The van der Waals surface area contributed by atoms with Gasteiger partial charge in [0.15, 0.2) is 0 Å². The molecule has 0 aromatic heterocycles. The maximum Gasteiger partial charge on any atom is 0.225 e. The first-order chi connectivity index (χ1) is 7.15. The highest BCUT2D eigenvalue weighted by molar-refractivity contribution is 5.78. The van der Waals surface area contributed by atoms with Crippen LogP contribution in [0.3, 0.4) is 0 Å². The van der Waals surface area contributed by atoms with Crippen molar-refractivity contribution in [2.45, 2.75) is 53.4 Å². The Morgan fingerprint density at radius 2 is 1.67 bits per heavy atom. The summed E-state index contributed by atoms with van der Waals surface area (Å²) in [5.74, 6) is 1.51. The third kappa shape index (κ3) is 4.67. The highest BCUT2D eigenvalue weighted by atomic mass is 16.2. The van der Waals surface area contributed by atoms with E-state index in [-0.39, 0.29) is 0 Å². The van der Waals surface area contributed by atoms with Gasteiger partial charge < -0.3 is 4.90 Å². The van der Waals surface area contributed by atoms with Crippen LogP contribution in [0.25, 0.3) is 0 Å². The van der Waals surface area contributed by atoms with Gasteiger partial charge in [0.1, 0.15) is 0 Å². The van der Waals surface area contributed by atoms with Gasteiger partial charge in [0.2, 0.25) is 5.91 Å². The van der Waals surface area contributed by atoms with Gasteiger partial charge in [0, 0.05) is 19.5 Å². The molecule has 0 heterocycles. The Balaban J connectivity index is 0.000000921. The summed E-state index contributed by atoms with van der Waals surface area (Å²) in [6.45, 7) is 9.15. The molecule has 0 aliphatic heterocycles. The minimum Gasteiger partial charge on any atom is -0.346 e. The van der Waals surface area contributed by atoms with Crippen molar-refractivity contribution >= 4 is 5.91 Å². The smallest absolute Gasteiger partial charge is 0.225 e. The predicted octanol–water partition coefficient (Wildman–Crippen LogP) is 3.32. The van der Waals surface area contributed by atoms with Crippen molar-refractivity contribution in [1.82, 2.24) is 4.90 Å².